The summed E-state index contributed by atoms with van der Waals surface area (Å²) in [5, 5.41) is 3.43. The summed E-state index contributed by atoms with van der Waals surface area (Å²) in [7, 11) is 0. The van der Waals surface area contributed by atoms with E-state index in [9.17, 15) is 14.4 Å². The molecule has 0 saturated heterocycles. The number of nitrogens with one attached hydrogen (secondary N) is 1. The predicted molar refractivity (Wildman–Crippen MR) is 105 cm³/mol. The quantitative estimate of drug-likeness (QED) is 0.781. The standard InChI is InChI=1S/C21H21ClN2O3/c1-4-12(2)18(19(25)23-17-10-9-14(22)11-13(17)3)24-20(26)15-7-5-6-8-16(15)21(24)27/h5-12,18H,4H2,1-3H3,(H,23,25)/t12-,18-/m1/s1. The summed E-state index contributed by atoms with van der Waals surface area (Å²) in [6.45, 7) is 5.63. The van der Waals surface area contributed by atoms with Crippen molar-refractivity contribution in [2.24, 2.45) is 5.92 Å². The van der Waals surface area contributed by atoms with Crippen LogP contribution in [0.2, 0.25) is 5.02 Å². The highest BCUT2D eigenvalue weighted by molar-refractivity contribution is 6.30. The van der Waals surface area contributed by atoms with Gasteiger partial charge < -0.3 is 5.32 Å². The number of halogens is 1. The fourth-order valence-corrected chi connectivity index (χ4v) is 3.51. The molecule has 2 aromatic rings. The monoisotopic (exact) mass is 384 g/mol. The van der Waals surface area contributed by atoms with Crippen LogP contribution in [0, 0.1) is 12.8 Å². The summed E-state index contributed by atoms with van der Waals surface area (Å²) >= 11 is 5.97. The lowest BCUT2D eigenvalue weighted by Gasteiger charge is -2.30. The topological polar surface area (TPSA) is 66.5 Å². The molecule has 1 heterocycles. The van der Waals surface area contributed by atoms with E-state index in [0.29, 0.717) is 28.3 Å². The SMILES string of the molecule is CC[C@@H](C)[C@H](C(=O)Nc1ccc(Cl)cc1C)N1C(=O)c2ccccc2C1=O. The molecule has 0 aromatic heterocycles. The lowest BCUT2D eigenvalue weighted by atomic mass is 9.96. The molecule has 1 aliphatic rings. The molecule has 1 N–H and O–H groups in total. The second-order valence-corrected chi connectivity index (χ2v) is 7.24. The molecule has 0 unspecified atom stereocenters. The molecule has 0 saturated carbocycles. The first-order valence-electron chi connectivity index (χ1n) is 8.89. The van der Waals surface area contributed by atoms with E-state index >= 15 is 0 Å². The largest absolute Gasteiger partial charge is 0.324 e. The molecule has 27 heavy (non-hydrogen) atoms. The summed E-state index contributed by atoms with van der Waals surface area (Å²) in [4.78, 5) is 39.9. The fraction of sp³-hybridized carbons (Fsp3) is 0.286. The van der Waals surface area contributed by atoms with E-state index < -0.39 is 17.9 Å². The van der Waals surface area contributed by atoms with Gasteiger partial charge in [0.1, 0.15) is 6.04 Å². The third kappa shape index (κ3) is 3.47. The van der Waals surface area contributed by atoms with Crippen molar-refractivity contribution in [3.8, 4) is 0 Å². The molecule has 0 radical (unpaired) electrons. The van der Waals surface area contributed by atoms with Gasteiger partial charge in [0, 0.05) is 10.7 Å². The number of hydrogen-bond donors (Lipinski definition) is 1. The molecule has 3 rings (SSSR count). The molecule has 140 valence electrons. The van der Waals surface area contributed by atoms with E-state index in [4.69, 9.17) is 11.6 Å². The molecule has 2 atom stereocenters. The Hall–Kier alpha value is -2.66. The zero-order chi connectivity index (χ0) is 19.7. The number of carbonyl (C=O) groups excluding carboxylic acids is 3. The van der Waals surface area contributed by atoms with E-state index in [1.807, 2.05) is 20.8 Å². The van der Waals surface area contributed by atoms with Crippen LogP contribution in [0.4, 0.5) is 5.69 Å². The number of benzene rings is 2. The number of rotatable bonds is 5. The van der Waals surface area contributed by atoms with Crippen LogP contribution in [-0.2, 0) is 4.79 Å². The number of aryl methyl sites for hydroxylation is 1. The fourth-order valence-electron chi connectivity index (χ4n) is 3.29. The third-order valence-corrected chi connectivity index (χ3v) is 5.24. The molecule has 5 nitrogen and oxygen atoms in total. The Morgan fingerprint density at radius 1 is 1.11 bits per heavy atom. The van der Waals surface area contributed by atoms with Crippen molar-refractivity contribution in [3.63, 3.8) is 0 Å². The minimum absolute atomic E-state index is 0.195. The van der Waals surface area contributed by atoms with Gasteiger partial charge in [-0.25, -0.2) is 0 Å². The Morgan fingerprint density at radius 2 is 1.70 bits per heavy atom. The van der Waals surface area contributed by atoms with Gasteiger partial charge in [-0.1, -0.05) is 44.0 Å². The number of anilines is 1. The Bertz CT molecular complexity index is 890. The lowest BCUT2D eigenvalue weighted by molar-refractivity contribution is -0.121. The van der Waals surface area contributed by atoms with Crippen molar-refractivity contribution in [1.82, 2.24) is 4.90 Å². The molecule has 0 fully saturated rings. The second-order valence-electron chi connectivity index (χ2n) is 6.80. The first-order chi connectivity index (χ1) is 12.8. The van der Waals surface area contributed by atoms with Crippen LogP contribution < -0.4 is 5.32 Å². The predicted octanol–water partition coefficient (Wildman–Crippen LogP) is 4.30. The first kappa shape index (κ1) is 19.1. The van der Waals surface area contributed by atoms with Gasteiger partial charge in [-0.2, -0.15) is 0 Å². The zero-order valence-corrected chi connectivity index (χ0v) is 16.2. The number of hydrogen-bond acceptors (Lipinski definition) is 3. The molecule has 0 spiro atoms. The summed E-state index contributed by atoms with van der Waals surface area (Å²) in [6, 6.07) is 10.9. The van der Waals surface area contributed by atoms with Gasteiger partial charge in [0.15, 0.2) is 0 Å². The number of amides is 3. The summed E-state index contributed by atoms with van der Waals surface area (Å²) < 4.78 is 0. The van der Waals surface area contributed by atoms with Crippen LogP contribution in [0.5, 0.6) is 0 Å². The highest BCUT2D eigenvalue weighted by atomic mass is 35.5. The lowest BCUT2D eigenvalue weighted by Crippen LogP contribution is -2.50. The van der Waals surface area contributed by atoms with Crippen molar-refractivity contribution >= 4 is 35.0 Å². The zero-order valence-electron chi connectivity index (χ0n) is 15.5. The van der Waals surface area contributed by atoms with Crippen LogP contribution in [0.15, 0.2) is 42.5 Å². The van der Waals surface area contributed by atoms with E-state index in [-0.39, 0.29) is 11.8 Å². The van der Waals surface area contributed by atoms with Gasteiger partial charge in [-0.15, -0.1) is 0 Å². The number of fused-ring (bicyclic) bond motifs is 1. The third-order valence-electron chi connectivity index (χ3n) is 5.00. The average molecular weight is 385 g/mol. The highest BCUT2D eigenvalue weighted by Crippen LogP contribution is 2.29. The molecule has 1 aliphatic heterocycles. The van der Waals surface area contributed by atoms with Crippen LogP contribution in [-0.4, -0.2) is 28.7 Å². The minimum Gasteiger partial charge on any atom is -0.324 e. The van der Waals surface area contributed by atoms with Crippen molar-refractivity contribution in [2.45, 2.75) is 33.2 Å². The van der Waals surface area contributed by atoms with Crippen molar-refractivity contribution in [2.75, 3.05) is 5.32 Å². The number of nitrogens with zero attached hydrogens (tertiary/aromatic N) is 1. The van der Waals surface area contributed by atoms with Gasteiger partial charge in [0.25, 0.3) is 11.8 Å². The minimum atomic E-state index is -0.891. The summed E-state index contributed by atoms with van der Waals surface area (Å²) in [5.41, 5.74) is 2.09. The second kappa shape index (κ2) is 7.53. The smallest absolute Gasteiger partial charge is 0.262 e. The van der Waals surface area contributed by atoms with Crippen LogP contribution in [0.1, 0.15) is 46.5 Å². The highest BCUT2D eigenvalue weighted by Gasteiger charge is 2.44. The van der Waals surface area contributed by atoms with E-state index in [2.05, 4.69) is 5.32 Å². The van der Waals surface area contributed by atoms with Gasteiger partial charge in [-0.3, -0.25) is 19.3 Å². The maximum Gasteiger partial charge on any atom is 0.262 e. The summed E-state index contributed by atoms with van der Waals surface area (Å²) in [6.07, 6.45) is 0.644. The van der Waals surface area contributed by atoms with Gasteiger partial charge in [0.2, 0.25) is 5.91 Å². The first-order valence-corrected chi connectivity index (χ1v) is 9.26. The maximum atomic E-state index is 13.1. The Kier molecular flexibility index (Phi) is 5.33. The van der Waals surface area contributed by atoms with Gasteiger partial charge in [-0.05, 0) is 48.7 Å². The molecule has 2 aromatic carbocycles. The van der Waals surface area contributed by atoms with Crippen molar-refractivity contribution in [3.05, 3.63) is 64.2 Å². The summed E-state index contributed by atoms with van der Waals surface area (Å²) in [5.74, 6) is -1.43. The number of carbonyl (C=O) groups is 3. The molecule has 6 heteroatoms. The Balaban J connectivity index is 1.94. The van der Waals surface area contributed by atoms with E-state index in [1.165, 1.54) is 0 Å². The molecule has 0 aliphatic carbocycles. The van der Waals surface area contributed by atoms with Crippen LogP contribution in [0.25, 0.3) is 0 Å². The van der Waals surface area contributed by atoms with Crippen LogP contribution >= 0.6 is 11.6 Å². The number of imide groups is 1. The van der Waals surface area contributed by atoms with Crippen LogP contribution in [0.3, 0.4) is 0 Å². The van der Waals surface area contributed by atoms with Crippen molar-refractivity contribution in [1.29, 1.82) is 0 Å². The maximum absolute atomic E-state index is 13.1. The average Bonchev–Trinajstić information content (AvgIpc) is 2.89. The van der Waals surface area contributed by atoms with E-state index in [1.54, 1.807) is 42.5 Å². The van der Waals surface area contributed by atoms with Gasteiger partial charge in [0.05, 0.1) is 11.1 Å². The molecule has 0 bridgehead atoms. The Labute approximate surface area is 163 Å². The molecular weight excluding hydrogens is 364 g/mol. The normalized spacial score (nSPS) is 15.5. The molecule has 3 amide bonds. The van der Waals surface area contributed by atoms with Gasteiger partial charge >= 0.3 is 0 Å². The van der Waals surface area contributed by atoms with E-state index in [0.717, 1.165) is 10.5 Å². The Morgan fingerprint density at radius 3 is 2.22 bits per heavy atom. The molecular formula is C21H21ClN2O3. The van der Waals surface area contributed by atoms with Crippen molar-refractivity contribution < 1.29 is 14.4 Å².